The number of anilines is 3. The van der Waals surface area contributed by atoms with E-state index in [1.165, 1.54) is 14.0 Å². The molecule has 2 aromatic rings. The van der Waals surface area contributed by atoms with Crippen molar-refractivity contribution in [3.8, 4) is 5.75 Å². The first-order valence-electron chi connectivity index (χ1n) is 10.4. The number of nitrogens with one attached hydrogen (secondary N) is 2. The second-order valence-electron chi connectivity index (χ2n) is 7.81. The van der Waals surface area contributed by atoms with Gasteiger partial charge in [-0.25, -0.2) is 0 Å². The molecular formula is C22H23F3N4O5. The van der Waals surface area contributed by atoms with Gasteiger partial charge in [0.05, 0.1) is 23.3 Å². The highest BCUT2D eigenvalue weighted by Gasteiger charge is 2.35. The third kappa shape index (κ3) is 5.74. The lowest BCUT2D eigenvalue weighted by atomic mass is 9.95. The van der Waals surface area contributed by atoms with Crippen LogP contribution in [0.5, 0.6) is 5.75 Å². The zero-order valence-corrected chi connectivity index (χ0v) is 18.4. The Morgan fingerprint density at radius 2 is 1.79 bits per heavy atom. The number of nitro benzene ring substituents is 1. The molecule has 0 radical (unpaired) electrons. The summed E-state index contributed by atoms with van der Waals surface area (Å²) in [5.74, 6) is -0.578. The molecule has 0 atom stereocenters. The molecule has 0 saturated carbocycles. The molecule has 1 heterocycles. The van der Waals surface area contributed by atoms with Gasteiger partial charge in [-0.05, 0) is 43.2 Å². The molecule has 1 saturated heterocycles. The Balaban J connectivity index is 1.70. The third-order valence-corrected chi connectivity index (χ3v) is 5.48. The lowest BCUT2D eigenvalue weighted by Gasteiger charge is -2.32. The van der Waals surface area contributed by atoms with Crippen LogP contribution in [0.25, 0.3) is 0 Å². The monoisotopic (exact) mass is 480 g/mol. The molecule has 2 amide bonds. The topological polar surface area (TPSA) is 114 Å². The van der Waals surface area contributed by atoms with E-state index in [1.54, 1.807) is 23.1 Å². The summed E-state index contributed by atoms with van der Waals surface area (Å²) in [6, 6.07) is 7.25. The first-order chi connectivity index (χ1) is 16.0. The Morgan fingerprint density at radius 1 is 1.12 bits per heavy atom. The highest BCUT2D eigenvalue weighted by Crippen LogP contribution is 2.38. The Morgan fingerprint density at radius 3 is 2.35 bits per heavy atom. The molecule has 1 aliphatic rings. The standard InChI is InChI=1S/C22H23F3N4O5/c1-13(30)26-16-4-6-20(34-2)17(12-16)27-21(31)14-7-9-28(10-8-14)18-5-3-15(22(23,24)25)11-19(18)29(32)33/h3-6,11-12,14H,7-10H2,1-2H3,(H,26,30)(H,27,31). The van der Waals surface area contributed by atoms with Crippen LogP contribution < -0.4 is 20.3 Å². The molecular weight excluding hydrogens is 457 g/mol. The number of hydrogen-bond acceptors (Lipinski definition) is 6. The smallest absolute Gasteiger partial charge is 0.416 e. The van der Waals surface area contributed by atoms with Crippen molar-refractivity contribution in [1.29, 1.82) is 0 Å². The number of nitro groups is 1. The molecule has 34 heavy (non-hydrogen) atoms. The van der Waals surface area contributed by atoms with Crippen molar-refractivity contribution in [3.05, 3.63) is 52.1 Å². The highest BCUT2D eigenvalue weighted by molar-refractivity contribution is 5.96. The van der Waals surface area contributed by atoms with Gasteiger partial charge in [-0.2, -0.15) is 13.2 Å². The quantitative estimate of drug-likeness (QED) is 0.467. The fourth-order valence-corrected chi connectivity index (χ4v) is 3.82. The van der Waals surface area contributed by atoms with E-state index in [0.717, 1.165) is 12.1 Å². The predicted molar refractivity (Wildman–Crippen MR) is 119 cm³/mol. The van der Waals surface area contributed by atoms with Crippen molar-refractivity contribution in [2.24, 2.45) is 5.92 Å². The molecule has 1 aliphatic heterocycles. The van der Waals surface area contributed by atoms with Crippen molar-refractivity contribution in [2.45, 2.75) is 25.9 Å². The zero-order valence-electron chi connectivity index (χ0n) is 18.4. The minimum Gasteiger partial charge on any atom is -0.495 e. The average molecular weight is 480 g/mol. The molecule has 0 bridgehead atoms. The molecule has 0 spiro atoms. The lowest BCUT2D eigenvalue weighted by Crippen LogP contribution is -2.38. The van der Waals surface area contributed by atoms with Crippen LogP contribution in [0.3, 0.4) is 0 Å². The number of carbonyl (C=O) groups excluding carboxylic acids is 2. The third-order valence-electron chi connectivity index (χ3n) is 5.48. The fourth-order valence-electron chi connectivity index (χ4n) is 3.82. The maximum absolute atomic E-state index is 13.0. The summed E-state index contributed by atoms with van der Waals surface area (Å²) in [7, 11) is 1.44. The van der Waals surface area contributed by atoms with E-state index < -0.39 is 28.3 Å². The van der Waals surface area contributed by atoms with Crippen LogP contribution in [0.15, 0.2) is 36.4 Å². The van der Waals surface area contributed by atoms with E-state index in [-0.39, 0.29) is 30.6 Å². The van der Waals surface area contributed by atoms with E-state index >= 15 is 0 Å². The Hall–Kier alpha value is -3.83. The molecule has 12 heteroatoms. The van der Waals surface area contributed by atoms with E-state index in [0.29, 0.717) is 36.0 Å². The maximum Gasteiger partial charge on any atom is 0.416 e. The van der Waals surface area contributed by atoms with Gasteiger partial charge in [0, 0.05) is 37.7 Å². The van der Waals surface area contributed by atoms with Crippen LogP contribution in [0.4, 0.5) is 35.9 Å². The predicted octanol–water partition coefficient (Wildman–Crippen LogP) is 4.44. The van der Waals surface area contributed by atoms with E-state index in [9.17, 15) is 32.9 Å². The van der Waals surface area contributed by atoms with Crippen LogP contribution in [0.1, 0.15) is 25.3 Å². The summed E-state index contributed by atoms with van der Waals surface area (Å²) in [6.45, 7) is 1.87. The average Bonchev–Trinajstić information content (AvgIpc) is 2.78. The summed E-state index contributed by atoms with van der Waals surface area (Å²) in [6.07, 6.45) is -4.00. The number of methoxy groups -OCH3 is 1. The number of benzene rings is 2. The molecule has 1 fully saturated rings. The van der Waals surface area contributed by atoms with Gasteiger partial charge in [-0.1, -0.05) is 0 Å². The number of hydrogen-bond donors (Lipinski definition) is 2. The summed E-state index contributed by atoms with van der Waals surface area (Å²) < 4.78 is 44.1. The first-order valence-corrected chi connectivity index (χ1v) is 10.4. The number of alkyl halides is 3. The highest BCUT2D eigenvalue weighted by atomic mass is 19.4. The summed E-state index contributed by atoms with van der Waals surface area (Å²) in [5.41, 5.74) is -0.779. The second kappa shape index (κ2) is 9.98. The number of amides is 2. The van der Waals surface area contributed by atoms with Crippen molar-refractivity contribution >= 4 is 34.6 Å². The molecule has 0 aromatic heterocycles. The van der Waals surface area contributed by atoms with Gasteiger partial charge in [0.25, 0.3) is 5.69 Å². The summed E-state index contributed by atoms with van der Waals surface area (Å²) in [4.78, 5) is 36.3. The number of ether oxygens (including phenoxy) is 1. The molecule has 2 aromatic carbocycles. The van der Waals surface area contributed by atoms with Crippen molar-refractivity contribution in [2.75, 3.05) is 35.7 Å². The van der Waals surface area contributed by atoms with Gasteiger partial charge in [0.15, 0.2) is 0 Å². The molecule has 182 valence electrons. The SMILES string of the molecule is COc1ccc(NC(C)=O)cc1NC(=O)C1CCN(c2ccc(C(F)(F)F)cc2[N+](=O)[O-])CC1. The van der Waals surface area contributed by atoms with Gasteiger partial charge in [-0.15, -0.1) is 0 Å². The zero-order chi connectivity index (χ0) is 25.0. The Bertz CT molecular complexity index is 1100. The Kier molecular flexibility index (Phi) is 7.28. The summed E-state index contributed by atoms with van der Waals surface area (Å²) in [5, 5.41) is 16.8. The fraction of sp³-hybridized carbons (Fsp3) is 0.364. The van der Waals surface area contributed by atoms with Crippen LogP contribution in [0.2, 0.25) is 0 Å². The lowest BCUT2D eigenvalue weighted by molar-refractivity contribution is -0.384. The van der Waals surface area contributed by atoms with Gasteiger partial charge < -0.3 is 20.3 Å². The maximum atomic E-state index is 13.0. The number of halogens is 3. The number of nitrogens with zero attached hydrogens (tertiary/aromatic N) is 2. The molecule has 0 unspecified atom stereocenters. The molecule has 2 N–H and O–H groups in total. The molecule has 9 nitrogen and oxygen atoms in total. The number of rotatable bonds is 6. The van der Waals surface area contributed by atoms with Crippen LogP contribution in [-0.4, -0.2) is 36.9 Å². The largest absolute Gasteiger partial charge is 0.495 e. The summed E-state index contributed by atoms with van der Waals surface area (Å²) >= 11 is 0. The van der Waals surface area contributed by atoms with Crippen LogP contribution in [-0.2, 0) is 15.8 Å². The Labute approximate surface area is 193 Å². The van der Waals surface area contributed by atoms with Crippen molar-refractivity contribution in [1.82, 2.24) is 0 Å². The normalized spacial score (nSPS) is 14.4. The molecule has 0 aliphatic carbocycles. The van der Waals surface area contributed by atoms with Gasteiger partial charge in [-0.3, -0.25) is 19.7 Å². The van der Waals surface area contributed by atoms with Gasteiger partial charge in [0.1, 0.15) is 11.4 Å². The van der Waals surface area contributed by atoms with E-state index in [4.69, 9.17) is 4.74 Å². The first kappa shape index (κ1) is 24.8. The van der Waals surface area contributed by atoms with Crippen LogP contribution in [0, 0.1) is 16.0 Å². The minimum absolute atomic E-state index is 0.0848. The minimum atomic E-state index is -4.69. The number of piperidine rings is 1. The van der Waals surface area contributed by atoms with Crippen molar-refractivity contribution in [3.63, 3.8) is 0 Å². The van der Waals surface area contributed by atoms with Crippen LogP contribution >= 0.6 is 0 Å². The second-order valence-corrected chi connectivity index (χ2v) is 7.81. The number of carbonyl (C=O) groups is 2. The van der Waals surface area contributed by atoms with E-state index in [1.807, 2.05) is 0 Å². The van der Waals surface area contributed by atoms with E-state index in [2.05, 4.69) is 10.6 Å². The van der Waals surface area contributed by atoms with Gasteiger partial charge >= 0.3 is 6.18 Å². The van der Waals surface area contributed by atoms with Crippen molar-refractivity contribution < 1.29 is 32.4 Å². The van der Waals surface area contributed by atoms with Gasteiger partial charge in [0.2, 0.25) is 11.8 Å². The molecule has 3 rings (SSSR count).